The molecule has 2 heterocycles. The van der Waals surface area contributed by atoms with Crippen molar-refractivity contribution in [3.05, 3.63) is 95.9 Å². The fraction of sp³-hybridized carbons (Fsp3) is 0.192. The van der Waals surface area contributed by atoms with E-state index >= 15 is 0 Å². The highest BCUT2D eigenvalue weighted by Crippen LogP contribution is 2.43. The van der Waals surface area contributed by atoms with Crippen LogP contribution in [0.4, 0.5) is 26.3 Å². The zero-order valence-corrected chi connectivity index (χ0v) is 20.7. The normalized spacial score (nSPS) is 16.2. The third-order valence-corrected chi connectivity index (χ3v) is 7.00. The molecule has 2 N–H and O–H groups in total. The largest absolute Gasteiger partial charge is 0.463 e. The maximum atomic E-state index is 13.9. The van der Waals surface area contributed by atoms with E-state index in [0.29, 0.717) is 11.3 Å². The maximum Gasteiger partial charge on any atom is 0.416 e. The van der Waals surface area contributed by atoms with Crippen LogP contribution in [0.2, 0.25) is 0 Å². The molecule has 0 amide bonds. The van der Waals surface area contributed by atoms with Crippen molar-refractivity contribution in [1.82, 2.24) is 4.57 Å². The Labute approximate surface area is 220 Å². The number of carbonyl (C=O) groups excluding carboxylic acids is 1. The van der Waals surface area contributed by atoms with Gasteiger partial charge in [0.2, 0.25) is 0 Å². The number of nitrogens with zero attached hydrogens (tertiary/aromatic N) is 2. The minimum atomic E-state index is -4.88. The van der Waals surface area contributed by atoms with Gasteiger partial charge in [0, 0.05) is 0 Å². The molecule has 0 saturated carbocycles. The Morgan fingerprint density at radius 1 is 1.08 bits per heavy atom. The van der Waals surface area contributed by atoms with Gasteiger partial charge in [0.1, 0.15) is 10.5 Å². The molecule has 0 spiro atoms. The van der Waals surface area contributed by atoms with Crippen molar-refractivity contribution in [2.24, 2.45) is 5.73 Å². The number of aromatic nitrogens is 1. The predicted octanol–water partition coefficient (Wildman–Crippen LogP) is 3.94. The second kappa shape index (κ2) is 10.1. The number of benzene rings is 2. The Kier molecular flexibility index (Phi) is 7.18. The van der Waals surface area contributed by atoms with Crippen molar-refractivity contribution in [3.8, 4) is 6.07 Å². The molecule has 6 nitrogen and oxygen atoms in total. The van der Waals surface area contributed by atoms with E-state index < -0.39 is 63.5 Å². The van der Waals surface area contributed by atoms with Crippen LogP contribution >= 0.6 is 11.3 Å². The van der Waals surface area contributed by atoms with Crippen molar-refractivity contribution < 1.29 is 35.9 Å². The molecule has 202 valence electrons. The number of nitrogens with two attached hydrogens (primary N) is 1. The zero-order chi connectivity index (χ0) is 28.7. The summed E-state index contributed by atoms with van der Waals surface area (Å²) < 4.78 is 87.7. The number of fused-ring (bicyclic) bond motifs is 1. The van der Waals surface area contributed by atoms with E-state index in [1.807, 2.05) is 0 Å². The topological polar surface area (TPSA) is 98.1 Å². The summed E-state index contributed by atoms with van der Waals surface area (Å²) in [7, 11) is 0. The summed E-state index contributed by atoms with van der Waals surface area (Å²) in [5, 5.41) is 9.92. The van der Waals surface area contributed by atoms with Crippen LogP contribution in [-0.4, -0.2) is 17.1 Å². The lowest BCUT2D eigenvalue weighted by molar-refractivity contribution is -0.139. The zero-order valence-electron chi connectivity index (χ0n) is 19.9. The highest BCUT2D eigenvalue weighted by molar-refractivity contribution is 7.07. The van der Waals surface area contributed by atoms with Gasteiger partial charge < -0.3 is 10.5 Å². The van der Waals surface area contributed by atoms with E-state index in [-0.39, 0.29) is 21.4 Å². The molecule has 39 heavy (non-hydrogen) atoms. The monoisotopic (exact) mass is 565 g/mol. The van der Waals surface area contributed by atoms with Crippen molar-refractivity contribution in [2.45, 2.75) is 25.2 Å². The Hall–Kier alpha value is -4.31. The van der Waals surface area contributed by atoms with Crippen LogP contribution in [0.5, 0.6) is 0 Å². The summed E-state index contributed by atoms with van der Waals surface area (Å²) in [6.45, 7) is 1.26. The molecule has 1 unspecified atom stereocenters. The van der Waals surface area contributed by atoms with Crippen LogP contribution in [-0.2, 0) is 21.9 Å². The molecule has 0 radical (unpaired) electrons. The van der Waals surface area contributed by atoms with Gasteiger partial charge in [0.15, 0.2) is 0 Å². The molecule has 4 rings (SSSR count). The quantitative estimate of drug-likeness (QED) is 0.382. The number of allylic oxidation sites excluding steroid dienone is 1. The SMILES string of the molecule is CCOC(=O)C1=c2s/c(=C/c3ccccc3C(F)(F)F)c(=O)n2C(N)=C(C#N)C1c1ccccc1C(F)(F)F. The van der Waals surface area contributed by atoms with Gasteiger partial charge in [0.05, 0.1) is 45.4 Å². The molecule has 2 aromatic carbocycles. The molecule has 3 aromatic rings. The Morgan fingerprint density at radius 2 is 1.67 bits per heavy atom. The fourth-order valence-corrected chi connectivity index (χ4v) is 5.45. The number of carbonyl (C=O) groups is 1. The van der Waals surface area contributed by atoms with Gasteiger partial charge in [-0.15, -0.1) is 11.3 Å². The van der Waals surface area contributed by atoms with Gasteiger partial charge in [-0.05, 0) is 36.3 Å². The molecule has 1 aromatic heterocycles. The van der Waals surface area contributed by atoms with Gasteiger partial charge >= 0.3 is 18.3 Å². The molecule has 0 fully saturated rings. The van der Waals surface area contributed by atoms with E-state index in [4.69, 9.17) is 10.5 Å². The van der Waals surface area contributed by atoms with Crippen LogP contribution in [0, 0.1) is 11.3 Å². The summed E-state index contributed by atoms with van der Waals surface area (Å²) in [4.78, 5) is 26.5. The second-order valence-electron chi connectivity index (χ2n) is 8.20. The summed E-state index contributed by atoms with van der Waals surface area (Å²) in [5.74, 6) is -3.33. The smallest absolute Gasteiger partial charge is 0.416 e. The number of esters is 1. The number of thiazole rings is 1. The van der Waals surface area contributed by atoms with Crippen molar-refractivity contribution in [1.29, 1.82) is 5.26 Å². The van der Waals surface area contributed by atoms with Crippen LogP contribution in [0.15, 0.2) is 58.9 Å². The number of hydrogen-bond donors (Lipinski definition) is 1. The summed E-state index contributed by atoms with van der Waals surface area (Å²) >= 11 is 0.551. The van der Waals surface area contributed by atoms with Crippen LogP contribution in [0.1, 0.15) is 35.1 Å². The van der Waals surface area contributed by atoms with Gasteiger partial charge in [-0.1, -0.05) is 36.4 Å². The lowest BCUT2D eigenvalue weighted by Crippen LogP contribution is -2.40. The van der Waals surface area contributed by atoms with Gasteiger partial charge in [-0.3, -0.25) is 9.36 Å². The standard InChI is InChI=1S/C26H17F6N3O3S/c1-2-38-24(37)20-19(14-8-4-6-10-17(14)26(30,31)32)15(12-33)21(34)35-22(36)18(39-23(20)35)11-13-7-3-5-9-16(13)25(27,28)29/h3-11,19H,2,34H2,1H3/b18-11+. The molecule has 13 heteroatoms. The first-order valence-corrected chi connectivity index (χ1v) is 12.0. The Morgan fingerprint density at radius 3 is 2.26 bits per heavy atom. The highest BCUT2D eigenvalue weighted by Gasteiger charge is 2.42. The lowest BCUT2D eigenvalue weighted by Gasteiger charge is -2.26. The van der Waals surface area contributed by atoms with E-state index in [1.165, 1.54) is 25.1 Å². The minimum Gasteiger partial charge on any atom is -0.463 e. The molecule has 1 aliphatic rings. The van der Waals surface area contributed by atoms with E-state index in [0.717, 1.165) is 41.0 Å². The number of rotatable bonds is 4. The van der Waals surface area contributed by atoms with E-state index in [2.05, 4.69) is 0 Å². The molecule has 1 atom stereocenters. The summed E-state index contributed by atoms with van der Waals surface area (Å²) in [5.41, 5.74) is 1.15. The van der Waals surface area contributed by atoms with Gasteiger partial charge in [0.25, 0.3) is 5.56 Å². The summed E-state index contributed by atoms with van der Waals surface area (Å²) in [6.07, 6.45) is -8.68. The highest BCUT2D eigenvalue weighted by atomic mass is 32.1. The first kappa shape index (κ1) is 27.7. The molecule has 0 bridgehead atoms. The first-order valence-electron chi connectivity index (χ1n) is 11.2. The van der Waals surface area contributed by atoms with Crippen molar-refractivity contribution >= 4 is 34.8 Å². The first-order chi connectivity index (χ1) is 18.3. The molecular formula is C26H17F6N3O3S. The molecule has 0 aliphatic carbocycles. The molecule has 0 saturated heterocycles. The minimum absolute atomic E-state index is 0.190. The molecule has 1 aliphatic heterocycles. The fourth-order valence-electron chi connectivity index (χ4n) is 4.29. The van der Waals surface area contributed by atoms with Gasteiger partial charge in [-0.2, -0.15) is 31.6 Å². The number of ether oxygens (including phenoxy) is 1. The maximum absolute atomic E-state index is 13.9. The van der Waals surface area contributed by atoms with Crippen LogP contribution in [0.3, 0.4) is 0 Å². The third kappa shape index (κ3) is 4.95. The molecular weight excluding hydrogens is 548 g/mol. The number of nitriles is 1. The Balaban J connectivity index is 2.15. The van der Waals surface area contributed by atoms with Crippen LogP contribution in [0.25, 0.3) is 17.5 Å². The van der Waals surface area contributed by atoms with Crippen molar-refractivity contribution in [2.75, 3.05) is 6.61 Å². The number of alkyl halides is 6. The third-order valence-electron chi connectivity index (χ3n) is 5.89. The number of halogens is 6. The van der Waals surface area contributed by atoms with Gasteiger partial charge in [-0.25, -0.2) is 4.79 Å². The lowest BCUT2D eigenvalue weighted by atomic mass is 9.81. The number of hydrogen-bond acceptors (Lipinski definition) is 6. The van der Waals surface area contributed by atoms with Crippen molar-refractivity contribution in [3.63, 3.8) is 0 Å². The van der Waals surface area contributed by atoms with E-state index in [1.54, 1.807) is 6.07 Å². The van der Waals surface area contributed by atoms with E-state index in [9.17, 15) is 41.2 Å². The average molecular weight is 565 g/mol. The second-order valence-corrected chi connectivity index (χ2v) is 9.23. The average Bonchev–Trinajstić information content (AvgIpc) is 3.18. The Bertz CT molecular complexity index is 1730. The predicted molar refractivity (Wildman–Crippen MR) is 130 cm³/mol. The summed E-state index contributed by atoms with van der Waals surface area (Å²) in [6, 6.07) is 10.4. The van der Waals surface area contributed by atoms with Crippen LogP contribution < -0.4 is 20.5 Å².